The summed E-state index contributed by atoms with van der Waals surface area (Å²) in [6, 6.07) is 0. The van der Waals surface area contributed by atoms with E-state index in [0.29, 0.717) is 0 Å². The van der Waals surface area contributed by atoms with Crippen LogP contribution in [-0.2, 0) is 7.05 Å². The zero-order valence-electron chi connectivity index (χ0n) is 11.6. The van der Waals surface area contributed by atoms with Gasteiger partial charge >= 0.3 is 0 Å². The molecule has 0 aromatic carbocycles. The SMILES string of the molecule is Cn1nc(Br)c2c(N(CC3CC3)CC3CC3)ncnc21. The van der Waals surface area contributed by atoms with Crippen LogP contribution in [0.15, 0.2) is 10.9 Å². The lowest BCUT2D eigenvalue weighted by Gasteiger charge is -2.24. The van der Waals surface area contributed by atoms with Crippen LogP contribution >= 0.6 is 15.9 Å². The Balaban J connectivity index is 1.76. The van der Waals surface area contributed by atoms with E-state index in [2.05, 4.69) is 35.9 Å². The molecule has 0 unspecified atom stereocenters. The average molecular weight is 336 g/mol. The summed E-state index contributed by atoms with van der Waals surface area (Å²) in [5.41, 5.74) is 0.901. The van der Waals surface area contributed by atoms with Crippen LogP contribution in [0.4, 0.5) is 5.82 Å². The second kappa shape index (κ2) is 4.69. The van der Waals surface area contributed by atoms with Crippen LogP contribution in [0.2, 0.25) is 0 Å². The summed E-state index contributed by atoms with van der Waals surface area (Å²) in [7, 11) is 1.93. The van der Waals surface area contributed by atoms with Gasteiger partial charge < -0.3 is 4.90 Å². The molecule has 0 bridgehead atoms. The van der Waals surface area contributed by atoms with E-state index in [1.165, 1.54) is 25.7 Å². The molecule has 106 valence electrons. The Morgan fingerprint density at radius 3 is 2.45 bits per heavy atom. The van der Waals surface area contributed by atoms with Gasteiger partial charge in [0.05, 0.1) is 5.39 Å². The molecule has 0 saturated heterocycles. The fourth-order valence-electron chi connectivity index (χ4n) is 2.74. The Morgan fingerprint density at radius 2 is 1.85 bits per heavy atom. The Morgan fingerprint density at radius 1 is 1.20 bits per heavy atom. The standard InChI is InChI=1S/C14H18BrN5/c1-19-13-11(12(15)18-19)14(17-8-16-13)20(6-9-2-3-9)7-10-4-5-10/h8-10H,2-7H2,1H3. The predicted molar refractivity (Wildman–Crippen MR) is 81.7 cm³/mol. The summed E-state index contributed by atoms with van der Waals surface area (Å²) >= 11 is 3.56. The number of aromatic nitrogens is 4. The molecule has 2 saturated carbocycles. The van der Waals surface area contributed by atoms with Gasteiger partial charge in [-0.1, -0.05) is 0 Å². The lowest BCUT2D eigenvalue weighted by molar-refractivity contribution is 0.673. The monoisotopic (exact) mass is 335 g/mol. The number of halogens is 1. The van der Waals surface area contributed by atoms with Crippen LogP contribution < -0.4 is 4.90 Å². The third-order valence-corrected chi connectivity index (χ3v) is 4.76. The van der Waals surface area contributed by atoms with Crippen molar-refractivity contribution in [2.45, 2.75) is 25.7 Å². The van der Waals surface area contributed by atoms with Gasteiger partial charge in [-0.2, -0.15) is 5.10 Å². The number of fused-ring (bicyclic) bond motifs is 1. The van der Waals surface area contributed by atoms with Crippen LogP contribution in [0.5, 0.6) is 0 Å². The van der Waals surface area contributed by atoms with E-state index in [-0.39, 0.29) is 0 Å². The maximum absolute atomic E-state index is 4.57. The smallest absolute Gasteiger partial charge is 0.164 e. The van der Waals surface area contributed by atoms with Crippen molar-refractivity contribution < 1.29 is 0 Å². The molecule has 2 aliphatic carbocycles. The molecule has 20 heavy (non-hydrogen) atoms. The van der Waals surface area contributed by atoms with Gasteiger partial charge in [0.25, 0.3) is 0 Å². The van der Waals surface area contributed by atoms with Crippen molar-refractivity contribution in [1.29, 1.82) is 0 Å². The van der Waals surface area contributed by atoms with E-state index >= 15 is 0 Å². The van der Waals surface area contributed by atoms with Crippen molar-refractivity contribution in [2.75, 3.05) is 18.0 Å². The molecule has 0 atom stereocenters. The number of hydrogen-bond acceptors (Lipinski definition) is 4. The normalized spacial score (nSPS) is 18.7. The summed E-state index contributed by atoms with van der Waals surface area (Å²) in [5, 5.41) is 5.48. The second-order valence-electron chi connectivity index (χ2n) is 6.10. The summed E-state index contributed by atoms with van der Waals surface area (Å²) < 4.78 is 2.67. The summed E-state index contributed by atoms with van der Waals surface area (Å²) in [6.07, 6.45) is 7.12. The maximum Gasteiger partial charge on any atom is 0.164 e. The Labute approximate surface area is 126 Å². The van der Waals surface area contributed by atoms with Gasteiger partial charge in [-0.05, 0) is 53.4 Å². The lowest BCUT2D eigenvalue weighted by Crippen LogP contribution is -2.29. The van der Waals surface area contributed by atoms with Crippen molar-refractivity contribution in [3.8, 4) is 0 Å². The van der Waals surface area contributed by atoms with Crippen molar-refractivity contribution >= 4 is 32.8 Å². The highest BCUT2D eigenvalue weighted by atomic mass is 79.9. The minimum atomic E-state index is 0.849. The molecule has 0 spiro atoms. The summed E-state index contributed by atoms with van der Waals surface area (Å²) in [5.74, 6) is 2.76. The summed E-state index contributed by atoms with van der Waals surface area (Å²) in [4.78, 5) is 11.4. The van der Waals surface area contributed by atoms with Crippen LogP contribution in [0.1, 0.15) is 25.7 Å². The minimum Gasteiger partial charge on any atom is -0.355 e. The zero-order valence-corrected chi connectivity index (χ0v) is 13.2. The Kier molecular flexibility index (Phi) is 2.94. The first-order valence-corrected chi connectivity index (χ1v) is 8.10. The molecule has 5 nitrogen and oxygen atoms in total. The predicted octanol–water partition coefficient (Wildman–Crippen LogP) is 2.75. The third-order valence-electron chi connectivity index (χ3n) is 4.21. The quantitative estimate of drug-likeness (QED) is 0.842. The van der Waals surface area contributed by atoms with Gasteiger partial charge in [-0.15, -0.1) is 0 Å². The highest BCUT2D eigenvalue weighted by Gasteiger charge is 2.31. The highest BCUT2D eigenvalue weighted by molar-refractivity contribution is 9.10. The topological polar surface area (TPSA) is 46.8 Å². The summed E-state index contributed by atoms with van der Waals surface area (Å²) in [6.45, 7) is 2.26. The number of hydrogen-bond donors (Lipinski definition) is 0. The van der Waals surface area contributed by atoms with Gasteiger partial charge in [-0.25, -0.2) is 14.6 Å². The Hall–Kier alpha value is -1.17. The van der Waals surface area contributed by atoms with E-state index in [1.807, 2.05) is 11.7 Å². The molecule has 6 heteroatoms. The molecule has 2 fully saturated rings. The van der Waals surface area contributed by atoms with Crippen molar-refractivity contribution in [3.63, 3.8) is 0 Å². The second-order valence-corrected chi connectivity index (χ2v) is 6.85. The van der Waals surface area contributed by atoms with Gasteiger partial charge in [0.2, 0.25) is 0 Å². The van der Waals surface area contributed by atoms with E-state index in [0.717, 1.165) is 46.4 Å². The maximum atomic E-state index is 4.57. The number of aryl methyl sites for hydroxylation is 1. The highest BCUT2D eigenvalue weighted by Crippen LogP contribution is 2.38. The molecule has 0 N–H and O–H groups in total. The largest absolute Gasteiger partial charge is 0.355 e. The van der Waals surface area contributed by atoms with Crippen molar-refractivity contribution in [1.82, 2.24) is 19.7 Å². The third kappa shape index (κ3) is 2.30. The van der Waals surface area contributed by atoms with E-state index in [1.54, 1.807) is 6.33 Å². The molecule has 2 aromatic heterocycles. The zero-order chi connectivity index (χ0) is 13.7. The number of rotatable bonds is 5. The molecule has 0 aliphatic heterocycles. The van der Waals surface area contributed by atoms with Gasteiger partial charge in [0.1, 0.15) is 16.7 Å². The minimum absolute atomic E-state index is 0.849. The van der Waals surface area contributed by atoms with Crippen LogP contribution in [0.3, 0.4) is 0 Å². The Bertz CT molecular complexity index is 630. The first-order chi connectivity index (χ1) is 9.72. The first kappa shape index (κ1) is 12.6. The number of anilines is 1. The van der Waals surface area contributed by atoms with E-state index in [9.17, 15) is 0 Å². The molecule has 4 rings (SSSR count). The average Bonchev–Trinajstić information content (AvgIpc) is 3.33. The van der Waals surface area contributed by atoms with Crippen LogP contribution in [-0.4, -0.2) is 32.8 Å². The van der Waals surface area contributed by atoms with Gasteiger partial charge in [-0.3, -0.25) is 0 Å². The fourth-order valence-corrected chi connectivity index (χ4v) is 3.33. The molecule has 2 aliphatic rings. The van der Waals surface area contributed by atoms with E-state index < -0.39 is 0 Å². The molecular weight excluding hydrogens is 318 g/mol. The first-order valence-electron chi connectivity index (χ1n) is 7.30. The molecular formula is C14H18BrN5. The van der Waals surface area contributed by atoms with E-state index in [4.69, 9.17) is 0 Å². The van der Waals surface area contributed by atoms with Crippen molar-refractivity contribution in [3.05, 3.63) is 10.9 Å². The van der Waals surface area contributed by atoms with Gasteiger partial charge in [0.15, 0.2) is 5.65 Å². The number of nitrogens with zero attached hydrogens (tertiary/aromatic N) is 5. The van der Waals surface area contributed by atoms with Crippen LogP contribution in [0.25, 0.3) is 11.0 Å². The molecule has 0 amide bonds. The fraction of sp³-hybridized carbons (Fsp3) is 0.643. The van der Waals surface area contributed by atoms with Crippen molar-refractivity contribution in [2.24, 2.45) is 18.9 Å². The molecule has 2 heterocycles. The molecule has 2 aromatic rings. The van der Waals surface area contributed by atoms with Crippen LogP contribution in [0, 0.1) is 11.8 Å². The van der Waals surface area contributed by atoms with Gasteiger partial charge in [0, 0.05) is 20.1 Å². The molecule has 0 radical (unpaired) electrons. The lowest BCUT2D eigenvalue weighted by atomic mass is 10.2.